The van der Waals surface area contributed by atoms with E-state index in [1.165, 1.54) is 51.9 Å². The number of likely N-dealkylation sites (tertiary alicyclic amines) is 1. The van der Waals surface area contributed by atoms with Crippen molar-refractivity contribution < 1.29 is 4.74 Å². The number of nitrogens with zero attached hydrogens (tertiary/aromatic N) is 1. The molecule has 0 aromatic heterocycles. The third kappa shape index (κ3) is 5.12. The lowest BCUT2D eigenvalue weighted by atomic mass is 9.94. The molecule has 2 aliphatic rings. The van der Waals surface area contributed by atoms with Crippen LogP contribution in [0.1, 0.15) is 25.7 Å². The highest BCUT2D eigenvalue weighted by Crippen LogP contribution is 2.21. The fourth-order valence-electron chi connectivity index (χ4n) is 3.07. The molecule has 3 nitrogen and oxygen atoms in total. The van der Waals surface area contributed by atoms with Gasteiger partial charge in [0.25, 0.3) is 0 Å². The van der Waals surface area contributed by atoms with Crippen molar-refractivity contribution in [1.29, 1.82) is 0 Å². The predicted molar refractivity (Wildman–Crippen MR) is 73.9 cm³/mol. The minimum Gasteiger partial charge on any atom is -0.381 e. The number of halogens is 1. The van der Waals surface area contributed by atoms with Crippen LogP contribution in [0.5, 0.6) is 0 Å². The van der Waals surface area contributed by atoms with E-state index in [0.717, 1.165) is 25.0 Å². The molecule has 2 aliphatic heterocycles. The number of rotatable bonds is 4. The molecule has 0 radical (unpaired) electrons. The predicted octanol–water partition coefficient (Wildman–Crippen LogP) is 1.77. The third-order valence-electron chi connectivity index (χ3n) is 3.95. The van der Waals surface area contributed by atoms with Crippen molar-refractivity contribution in [3.8, 4) is 0 Å². The lowest BCUT2D eigenvalue weighted by Crippen LogP contribution is -2.42. The summed E-state index contributed by atoms with van der Waals surface area (Å²) in [5.74, 6) is 1.76. The van der Waals surface area contributed by atoms with E-state index in [2.05, 4.69) is 17.3 Å². The van der Waals surface area contributed by atoms with E-state index >= 15 is 0 Å². The van der Waals surface area contributed by atoms with Gasteiger partial charge in [0.15, 0.2) is 0 Å². The van der Waals surface area contributed by atoms with Crippen LogP contribution in [-0.4, -0.2) is 51.3 Å². The zero-order valence-electron chi connectivity index (χ0n) is 11.0. The van der Waals surface area contributed by atoms with Crippen molar-refractivity contribution in [3.63, 3.8) is 0 Å². The summed E-state index contributed by atoms with van der Waals surface area (Å²) < 4.78 is 5.42. The molecule has 2 heterocycles. The van der Waals surface area contributed by atoms with Crippen LogP contribution in [0.15, 0.2) is 0 Å². The Labute approximate surface area is 112 Å². The molecule has 102 valence electrons. The van der Waals surface area contributed by atoms with Gasteiger partial charge in [-0.1, -0.05) is 0 Å². The van der Waals surface area contributed by atoms with Gasteiger partial charge in [0.05, 0.1) is 0 Å². The standard InChI is InChI=1S/C13H26N2O.ClH/c1-14-9-13-3-2-6-15(11-13)10-12-4-7-16-8-5-12;/h12-14H,2-11H2,1H3;1H. The number of hydrogen-bond donors (Lipinski definition) is 1. The van der Waals surface area contributed by atoms with Crippen molar-refractivity contribution in [2.45, 2.75) is 25.7 Å². The molecule has 0 aromatic carbocycles. The maximum Gasteiger partial charge on any atom is 0.0469 e. The second-order valence-electron chi connectivity index (χ2n) is 5.38. The molecule has 1 atom stereocenters. The average molecular weight is 263 g/mol. The summed E-state index contributed by atoms with van der Waals surface area (Å²) in [6, 6.07) is 0. The van der Waals surface area contributed by atoms with Crippen molar-refractivity contribution in [2.24, 2.45) is 11.8 Å². The number of hydrogen-bond acceptors (Lipinski definition) is 3. The fraction of sp³-hybridized carbons (Fsp3) is 1.00. The molecule has 0 aromatic rings. The monoisotopic (exact) mass is 262 g/mol. The first-order valence-corrected chi connectivity index (χ1v) is 6.83. The van der Waals surface area contributed by atoms with Crippen LogP contribution in [0.3, 0.4) is 0 Å². The molecule has 0 amide bonds. The highest BCUT2D eigenvalue weighted by Gasteiger charge is 2.22. The molecule has 1 N–H and O–H groups in total. The van der Waals surface area contributed by atoms with E-state index in [1.54, 1.807) is 0 Å². The molecular weight excluding hydrogens is 236 g/mol. The third-order valence-corrected chi connectivity index (χ3v) is 3.95. The highest BCUT2D eigenvalue weighted by molar-refractivity contribution is 5.85. The zero-order chi connectivity index (χ0) is 11.2. The van der Waals surface area contributed by atoms with Gasteiger partial charge < -0.3 is 15.0 Å². The largest absolute Gasteiger partial charge is 0.381 e. The van der Waals surface area contributed by atoms with E-state index < -0.39 is 0 Å². The topological polar surface area (TPSA) is 24.5 Å². The molecule has 2 saturated heterocycles. The van der Waals surface area contributed by atoms with E-state index in [0.29, 0.717) is 0 Å². The summed E-state index contributed by atoms with van der Waals surface area (Å²) in [5.41, 5.74) is 0. The molecule has 0 saturated carbocycles. The molecule has 1 unspecified atom stereocenters. The van der Waals surface area contributed by atoms with Gasteiger partial charge in [-0.05, 0) is 57.7 Å². The molecule has 4 heteroatoms. The summed E-state index contributed by atoms with van der Waals surface area (Å²) in [6.45, 7) is 7.08. The van der Waals surface area contributed by atoms with E-state index in [4.69, 9.17) is 4.74 Å². The first-order chi connectivity index (χ1) is 7.88. The SMILES string of the molecule is CNCC1CCCN(CC2CCOCC2)C1.Cl. The first kappa shape index (κ1) is 15.2. The Balaban J connectivity index is 0.00000144. The summed E-state index contributed by atoms with van der Waals surface area (Å²) in [7, 11) is 2.07. The normalized spacial score (nSPS) is 27.7. The van der Waals surface area contributed by atoms with Crippen LogP contribution in [0.25, 0.3) is 0 Å². The van der Waals surface area contributed by atoms with Crippen molar-refractivity contribution in [1.82, 2.24) is 10.2 Å². The van der Waals surface area contributed by atoms with Crippen LogP contribution in [0.4, 0.5) is 0 Å². The fourth-order valence-corrected chi connectivity index (χ4v) is 3.07. The molecule has 0 bridgehead atoms. The molecular formula is C13H27ClN2O. The van der Waals surface area contributed by atoms with E-state index in [-0.39, 0.29) is 12.4 Å². The van der Waals surface area contributed by atoms with Gasteiger partial charge in [0.2, 0.25) is 0 Å². The Morgan fingerprint density at radius 3 is 2.65 bits per heavy atom. The molecule has 17 heavy (non-hydrogen) atoms. The minimum absolute atomic E-state index is 0. The van der Waals surface area contributed by atoms with Gasteiger partial charge in [-0.15, -0.1) is 12.4 Å². The summed E-state index contributed by atoms with van der Waals surface area (Å²) in [5, 5.41) is 3.31. The summed E-state index contributed by atoms with van der Waals surface area (Å²) in [6.07, 6.45) is 5.33. The van der Waals surface area contributed by atoms with Gasteiger partial charge in [-0.25, -0.2) is 0 Å². The van der Waals surface area contributed by atoms with Gasteiger partial charge >= 0.3 is 0 Å². The molecule has 0 spiro atoms. The Hall–Kier alpha value is 0.170. The quantitative estimate of drug-likeness (QED) is 0.836. The van der Waals surface area contributed by atoms with Crippen molar-refractivity contribution in [3.05, 3.63) is 0 Å². The lowest BCUT2D eigenvalue weighted by molar-refractivity contribution is 0.0453. The Kier molecular flexibility index (Phi) is 7.44. The zero-order valence-corrected chi connectivity index (χ0v) is 11.8. The maximum absolute atomic E-state index is 5.42. The second kappa shape index (κ2) is 8.30. The smallest absolute Gasteiger partial charge is 0.0469 e. The van der Waals surface area contributed by atoms with Crippen LogP contribution < -0.4 is 5.32 Å². The van der Waals surface area contributed by atoms with E-state index in [1.807, 2.05) is 0 Å². The Morgan fingerprint density at radius 1 is 1.18 bits per heavy atom. The average Bonchev–Trinajstić information content (AvgIpc) is 2.31. The van der Waals surface area contributed by atoms with Crippen molar-refractivity contribution in [2.75, 3.05) is 46.4 Å². The summed E-state index contributed by atoms with van der Waals surface area (Å²) in [4.78, 5) is 2.68. The van der Waals surface area contributed by atoms with Crippen molar-refractivity contribution >= 4 is 12.4 Å². The number of ether oxygens (including phenoxy) is 1. The van der Waals surface area contributed by atoms with Gasteiger partial charge in [0.1, 0.15) is 0 Å². The van der Waals surface area contributed by atoms with E-state index in [9.17, 15) is 0 Å². The number of piperidine rings is 1. The summed E-state index contributed by atoms with van der Waals surface area (Å²) >= 11 is 0. The minimum atomic E-state index is 0. The van der Waals surface area contributed by atoms with Crippen LogP contribution in [-0.2, 0) is 4.74 Å². The van der Waals surface area contributed by atoms with Gasteiger partial charge in [-0.3, -0.25) is 0 Å². The second-order valence-corrected chi connectivity index (χ2v) is 5.38. The van der Waals surface area contributed by atoms with Gasteiger partial charge in [-0.2, -0.15) is 0 Å². The van der Waals surface area contributed by atoms with Crippen LogP contribution in [0, 0.1) is 11.8 Å². The molecule has 2 rings (SSSR count). The first-order valence-electron chi connectivity index (χ1n) is 6.83. The molecule has 0 aliphatic carbocycles. The molecule has 2 fully saturated rings. The number of nitrogens with one attached hydrogen (secondary N) is 1. The highest BCUT2D eigenvalue weighted by atomic mass is 35.5. The Morgan fingerprint density at radius 2 is 1.94 bits per heavy atom. The lowest BCUT2D eigenvalue weighted by Gasteiger charge is -2.36. The Bertz CT molecular complexity index is 196. The van der Waals surface area contributed by atoms with Gasteiger partial charge in [0, 0.05) is 26.3 Å². The maximum atomic E-state index is 5.42. The van der Waals surface area contributed by atoms with Crippen LogP contribution in [0.2, 0.25) is 0 Å². The van der Waals surface area contributed by atoms with Crippen LogP contribution >= 0.6 is 12.4 Å².